The van der Waals surface area contributed by atoms with Crippen molar-refractivity contribution in [3.8, 4) is 0 Å². The van der Waals surface area contributed by atoms with Gasteiger partial charge in [0.2, 0.25) is 0 Å². The molecular formula is C13H24N4. The zero-order valence-electron chi connectivity index (χ0n) is 11.4. The lowest BCUT2D eigenvalue weighted by atomic mass is 10.3. The second-order valence-corrected chi connectivity index (χ2v) is 4.55. The summed E-state index contributed by atoms with van der Waals surface area (Å²) in [5.74, 6) is 1.93. The van der Waals surface area contributed by atoms with Gasteiger partial charge in [-0.05, 0) is 26.7 Å². The predicted molar refractivity (Wildman–Crippen MR) is 73.6 cm³/mol. The molecule has 0 aliphatic carbocycles. The van der Waals surface area contributed by atoms with Gasteiger partial charge in [0.25, 0.3) is 0 Å². The van der Waals surface area contributed by atoms with Crippen LogP contribution in [0.5, 0.6) is 0 Å². The minimum Gasteiger partial charge on any atom is -0.368 e. The topological polar surface area (TPSA) is 41.0 Å². The molecule has 0 bridgehead atoms. The van der Waals surface area contributed by atoms with Crippen molar-refractivity contribution in [2.24, 2.45) is 0 Å². The molecule has 96 valence electrons. The lowest BCUT2D eigenvalue weighted by Crippen LogP contribution is -2.26. The van der Waals surface area contributed by atoms with Crippen LogP contribution in [0.2, 0.25) is 0 Å². The number of hydrogen-bond donors (Lipinski definition) is 1. The summed E-state index contributed by atoms with van der Waals surface area (Å²) < 4.78 is 0. The summed E-state index contributed by atoms with van der Waals surface area (Å²) in [6, 6.07) is 2.43. The monoisotopic (exact) mass is 236 g/mol. The Labute approximate surface area is 104 Å². The maximum absolute atomic E-state index is 4.36. The molecule has 1 aromatic rings. The Kier molecular flexibility index (Phi) is 5.73. The first-order valence-electron chi connectivity index (χ1n) is 6.50. The van der Waals surface area contributed by atoms with Gasteiger partial charge in [0.1, 0.15) is 18.0 Å². The predicted octanol–water partition coefficient (Wildman–Crippen LogP) is 2.92. The lowest BCUT2D eigenvalue weighted by molar-refractivity contribution is 0.732. The Morgan fingerprint density at radius 3 is 2.35 bits per heavy atom. The summed E-state index contributed by atoms with van der Waals surface area (Å²) in [6.45, 7) is 10.7. The Morgan fingerprint density at radius 1 is 1.18 bits per heavy atom. The lowest BCUT2D eigenvalue weighted by Gasteiger charge is -2.23. The van der Waals surface area contributed by atoms with Crippen molar-refractivity contribution in [3.05, 3.63) is 12.4 Å². The van der Waals surface area contributed by atoms with Gasteiger partial charge in [0.15, 0.2) is 0 Å². The van der Waals surface area contributed by atoms with Crippen LogP contribution >= 0.6 is 0 Å². The molecule has 0 unspecified atom stereocenters. The SMILES string of the molecule is CCCN(CCC)c1cc(NC(C)C)ncn1. The van der Waals surface area contributed by atoms with Gasteiger partial charge in [0, 0.05) is 25.2 Å². The summed E-state index contributed by atoms with van der Waals surface area (Å²) in [4.78, 5) is 10.9. The van der Waals surface area contributed by atoms with Crippen molar-refractivity contribution in [2.45, 2.75) is 46.6 Å². The van der Waals surface area contributed by atoms with Crippen LogP contribution in [0.3, 0.4) is 0 Å². The molecule has 0 saturated heterocycles. The highest BCUT2D eigenvalue weighted by Crippen LogP contribution is 2.15. The van der Waals surface area contributed by atoms with Crippen LogP contribution in [0, 0.1) is 0 Å². The summed E-state index contributed by atoms with van der Waals surface area (Å²) in [5, 5.41) is 3.31. The van der Waals surface area contributed by atoms with E-state index in [1.165, 1.54) is 0 Å². The number of anilines is 2. The zero-order chi connectivity index (χ0) is 12.7. The van der Waals surface area contributed by atoms with Gasteiger partial charge in [-0.1, -0.05) is 13.8 Å². The fourth-order valence-electron chi connectivity index (χ4n) is 1.78. The molecule has 0 atom stereocenters. The maximum atomic E-state index is 4.36. The van der Waals surface area contributed by atoms with Gasteiger partial charge < -0.3 is 10.2 Å². The minimum atomic E-state index is 0.392. The first-order valence-corrected chi connectivity index (χ1v) is 6.50. The van der Waals surface area contributed by atoms with Crippen LogP contribution in [0.25, 0.3) is 0 Å². The van der Waals surface area contributed by atoms with E-state index >= 15 is 0 Å². The van der Waals surface area contributed by atoms with E-state index in [4.69, 9.17) is 0 Å². The minimum absolute atomic E-state index is 0.392. The molecule has 0 saturated carbocycles. The van der Waals surface area contributed by atoms with Crippen LogP contribution in [-0.4, -0.2) is 29.1 Å². The molecule has 17 heavy (non-hydrogen) atoms. The molecule has 1 heterocycles. The first kappa shape index (κ1) is 13.7. The number of aromatic nitrogens is 2. The van der Waals surface area contributed by atoms with E-state index in [0.29, 0.717) is 6.04 Å². The van der Waals surface area contributed by atoms with Crippen molar-refractivity contribution in [2.75, 3.05) is 23.3 Å². The van der Waals surface area contributed by atoms with Gasteiger partial charge in [-0.2, -0.15) is 0 Å². The highest BCUT2D eigenvalue weighted by Gasteiger charge is 2.07. The second kappa shape index (κ2) is 7.09. The Hall–Kier alpha value is -1.32. The molecule has 4 nitrogen and oxygen atoms in total. The molecule has 1 N–H and O–H groups in total. The van der Waals surface area contributed by atoms with Crippen molar-refractivity contribution < 1.29 is 0 Å². The van der Waals surface area contributed by atoms with E-state index in [2.05, 4.69) is 47.9 Å². The van der Waals surface area contributed by atoms with Crippen molar-refractivity contribution >= 4 is 11.6 Å². The molecule has 0 aromatic carbocycles. The molecule has 0 spiro atoms. The molecule has 0 amide bonds. The molecule has 0 aliphatic rings. The third-order valence-electron chi connectivity index (χ3n) is 2.40. The fourth-order valence-corrected chi connectivity index (χ4v) is 1.78. The van der Waals surface area contributed by atoms with Crippen LogP contribution < -0.4 is 10.2 Å². The van der Waals surface area contributed by atoms with Gasteiger partial charge >= 0.3 is 0 Å². The Morgan fingerprint density at radius 2 is 1.82 bits per heavy atom. The van der Waals surface area contributed by atoms with Gasteiger partial charge in [-0.25, -0.2) is 9.97 Å². The van der Waals surface area contributed by atoms with Crippen LogP contribution in [-0.2, 0) is 0 Å². The van der Waals surface area contributed by atoms with Crippen LogP contribution in [0.1, 0.15) is 40.5 Å². The fraction of sp³-hybridized carbons (Fsp3) is 0.692. The summed E-state index contributed by atoms with van der Waals surface area (Å²) in [7, 11) is 0. The zero-order valence-corrected chi connectivity index (χ0v) is 11.4. The van der Waals surface area contributed by atoms with E-state index in [0.717, 1.165) is 37.6 Å². The molecule has 0 fully saturated rings. The number of hydrogen-bond acceptors (Lipinski definition) is 4. The number of nitrogens with one attached hydrogen (secondary N) is 1. The smallest absolute Gasteiger partial charge is 0.134 e. The molecule has 1 rings (SSSR count). The normalized spacial score (nSPS) is 10.6. The van der Waals surface area contributed by atoms with Gasteiger partial charge in [-0.3, -0.25) is 0 Å². The quantitative estimate of drug-likeness (QED) is 0.790. The largest absolute Gasteiger partial charge is 0.368 e. The van der Waals surface area contributed by atoms with Gasteiger partial charge in [-0.15, -0.1) is 0 Å². The third kappa shape index (κ3) is 4.59. The average Bonchev–Trinajstić information content (AvgIpc) is 2.28. The van der Waals surface area contributed by atoms with Crippen LogP contribution in [0.15, 0.2) is 12.4 Å². The molecule has 1 aromatic heterocycles. The maximum Gasteiger partial charge on any atom is 0.134 e. The number of rotatable bonds is 7. The highest BCUT2D eigenvalue weighted by atomic mass is 15.2. The second-order valence-electron chi connectivity index (χ2n) is 4.55. The Bertz CT molecular complexity index is 319. The van der Waals surface area contributed by atoms with E-state index in [1.807, 2.05) is 6.07 Å². The van der Waals surface area contributed by atoms with Crippen molar-refractivity contribution in [3.63, 3.8) is 0 Å². The van der Waals surface area contributed by atoms with Crippen molar-refractivity contribution in [1.29, 1.82) is 0 Å². The molecule has 4 heteroatoms. The first-order chi connectivity index (χ1) is 8.17. The summed E-state index contributed by atoms with van der Waals surface area (Å²) in [6.07, 6.45) is 3.91. The van der Waals surface area contributed by atoms with E-state index in [9.17, 15) is 0 Å². The standard InChI is InChI=1S/C13H24N4/c1-5-7-17(8-6-2)13-9-12(14-10-15-13)16-11(3)4/h9-11H,5-8H2,1-4H3,(H,14,15,16). The summed E-state index contributed by atoms with van der Waals surface area (Å²) in [5.41, 5.74) is 0. The molecule has 0 radical (unpaired) electrons. The van der Waals surface area contributed by atoms with Crippen molar-refractivity contribution in [1.82, 2.24) is 9.97 Å². The average molecular weight is 236 g/mol. The van der Waals surface area contributed by atoms with Crippen LogP contribution in [0.4, 0.5) is 11.6 Å². The summed E-state index contributed by atoms with van der Waals surface area (Å²) >= 11 is 0. The molecular weight excluding hydrogens is 212 g/mol. The third-order valence-corrected chi connectivity index (χ3v) is 2.40. The van der Waals surface area contributed by atoms with Gasteiger partial charge in [0.05, 0.1) is 0 Å². The van der Waals surface area contributed by atoms with E-state index in [-0.39, 0.29) is 0 Å². The highest BCUT2D eigenvalue weighted by molar-refractivity contribution is 5.48. The van der Waals surface area contributed by atoms with E-state index < -0.39 is 0 Å². The molecule has 0 aliphatic heterocycles. The van der Waals surface area contributed by atoms with E-state index in [1.54, 1.807) is 6.33 Å². The number of nitrogens with zero attached hydrogens (tertiary/aromatic N) is 3. The Balaban J connectivity index is 2.79.